The number of oxime groups is 1. The molecule has 49 heavy (non-hydrogen) atoms. The lowest BCUT2D eigenvalue weighted by Crippen LogP contribution is -2.51. The third kappa shape index (κ3) is 8.16. The molecule has 2 aromatic carbocycles. The molecule has 1 aromatic heterocycles. The summed E-state index contributed by atoms with van der Waals surface area (Å²) >= 11 is 0. The zero-order chi connectivity index (χ0) is 36.0. The van der Waals surface area contributed by atoms with Crippen LogP contribution in [0.25, 0.3) is 11.1 Å². The van der Waals surface area contributed by atoms with Crippen molar-refractivity contribution in [1.82, 2.24) is 15.0 Å². The van der Waals surface area contributed by atoms with Gasteiger partial charge in [-0.3, -0.25) is 4.90 Å². The number of nitrogens with zero attached hydrogens (tertiary/aromatic N) is 5. The number of amides is 1. The molecule has 0 radical (unpaired) electrons. The summed E-state index contributed by atoms with van der Waals surface area (Å²) in [6, 6.07) is 12.5. The smallest absolute Gasteiger partial charge is 0.414 e. The van der Waals surface area contributed by atoms with Gasteiger partial charge >= 0.3 is 6.09 Å². The number of benzene rings is 2. The average molecular weight is 710 g/mol. The summed E-state index contributed by atoms with van der Waals surface area (Å²) < 4.78 is 36.1. The number of anilines is 1. The molecule has 1 atom stereocenters. The third-order valence-electron chi connectivity index (χ3n) is 10.6. The van der Waals surface area contributed by atoms with E-state index in [9.17, 15) is 4.79 Å². The normalized spacial score (nSPS) is 18.4. The van der Waals surface area contributed by atoms with E-state index in [-0.39, 0.29) is 10.1 Å². The first-order chi connectivity index (χ1) is 22.7. The average Bonchev–Trinajstić information content (AvgIpc) is 3.73. The van der Waals surface area contributed by atoms with Gasteiger partial charge in [-0.1, -0.05) is 76.2 Å². The fourth-order valence-corrected chi connectivity index (χ4v) is 7.31. The molecular weight excluding hydrogens is 658 g/mol. The van der Waals surface area contributed by atoms with Crippen LogP contribution in [0.1, 0.15) is 59.2 Å². The molecule has 1 amide bonds. The predicted molar refractivity (Wildman–Crippen MR) is 195 cm³/mol. The number of ether oxygens (including phenoxy) is 1. The van der Waals surface area contributed by atoms with Crippen molar-refractivity contribution in [1.29, 1.82) is 0 Å². The predicted octanol–water partition coefficient (Wildman–Crippen LogP) is 8.32. The molecule has 266 valence electrons. The largest absolute Gasteiger partial charge is 0.442 e. The maximum absolute atomic E-state index is 15.5. The molecule has 1 fully saturated rings. The van der Waals surface area contributed by atoms with Crippen molar-refractivity contribution in [2.45, 2.75) is 109 Å². The molecular formula is C36H52FN5O5Si2. The lowest BCUT2D eigenvalue weighted by Gasteiger charge is -2.41. The second-order valence-electron chi connectivity index (χ2n) is 16.5. The number of aromatic nitrogens is 3. The van der Waals surface area contributed by atoms with E-state index in [4.69, 9.17) is 18.4 Å². The number of aryl methyl sites for hydroxylation is 1. The van der Waals surface area contributed by atoms with Crippen LogP contribution in [0.4, 0.5) is 14.9 Å². The molecule has 2 aliphatic heterocycles. The number of cyclic esters (lactones) is 1. The Morgan fingerprint density at radius 2 is 1.53 bits per heavy atom. The van der Waals surface area contributed by atoms with Crippen molar-refractivity contribution >= 4 is 34.1 Å². The van der Waals surface area contributed by atoms with Crippen molar-refractivity contribution in [2.24, 2.45) is 5.16 Å². The van der Waals surface area contributed by atoms with Crippen LogP contribution >= 0.6 is 0 Å². The molecule has 0 N–H and O–H groups in total. The number of carbonyl (C=O) groups excluding carboxylic acids is 1. The van der Waals surface area contributed by atoms with E-state index < -0.39 is 40.3 Å². The molecule has 10 nitrogen and oxygen atoms in total. The number of rotatable bonds is 11. The van der Waals surface area contributed by atoms with Crippen molar-refractivity contribution < 1.29 is 27.6 Å². The summed E-state index contributed by atoms with van der Waals surface area (Å²) in [5, 5.41) is 12.7. The third-order valence-corrected chi connectivity index (χ3v) is 19.5. The molecule has 0 spiro atoms. The van der Waals surface area contributed by atoms with E-state index in [1.807, 2.05) is 31.2 Å². The van der Waals surface area contributed by atoms with Crippen molar-refractivity contribution in [3.63, 3.8) is 0 Å². The summed E-state index contributed by atoms with van der Waals surface area (Å²) in [5.41, 5.74) is 3.34. The van der Waals surface area contributed by atoms with Gasteiger partial charge < -0.3 is 18.4 Å². The van der Waals surface area contributed by atoms with Gasteiger partial charge in [0.2, 0.25) is 0 Å². The Kier molecular flexibility index (Phi) is 10.1. The highest BCUT2D eigenvalue weighted by molar-refractivity contribution is 6.74. The van der Waals surface area contributed by atoms with Gasteiger partial charge in [-0.25, -0.2) is 13.9 Å². The lowest BCUT2D eigenvalue weighted by atomic mass is 9.94. The van der Waals surface area contributed by atoms with E-state index in [0.29, 0.717) is 49.5 Å². The highest BCUT2D eigenvalue weighted by atomic mass is 28.4. The van der Waals surface area contributed by atoms with Gasteiger partial charge in [-0.2, -0.15) is 0 Å². The van der Waals surface area contributed by atoms with Crippen LogP contribution in [0.2, 0.25) is 36.3 Å². The van der Waals surface area contributed by atoms with Crippen LogP contribution < -0.4 is 4.90 Å². The van der Waals surface area contributed by atoms with Crippen molar-refractivity contribution in [2.75, 3.05) is 24.7 Å². The van der Waals surface area contributed by atoms with E-state index in [1.165, 1.54) is 11.0 Å². The molecule has 1 saturated heterocycles. The maximum Gasteiger partial charge on any atom is 0.414 e. The summed E-state index contributed by atoms with van der Waals surface area (Å²) in [4.78, 5) is 20.3. The Balaban J connectivity index is 1.28. The molecule has 0 saturated carbocycles. The standard InChI is InChI=1S/C36H52FN5O5Si2/c1-25-20-41(40-38-25)21-29-22-42(33(43)46-29)28-16-17-30(31(37)18-28)26-12-14-27(15-13-26)32-19-36(47-39-32,23-44-48(8,9)34(2,3)4)24-45-49(10,11)35(5,6)7/h12-18,20,29H,19,21-24H2,1-11H3/t29-/m0/s1. The minimum atomic E-state index is -2.06. The quantitative estimate of drug-likeness (QED) is 0.185. The Bertz CT molecular complexity index is 1660. The van der Waals surface area contributed by atoms with Crippen molar-refractivity contribution in [3.8, 4) is 11.1 Å². The minimum Gasteiger partial charge on any atom is -0.442 e. The second kappa shape index (κ2) is 13.4. The summed E-state index contributed by atoms with van der Waals surface area (Å²) in [6.45, 7) is 25.6. The first kappa shape index (κ1) is 36.9. The monoisotopic (exact) mass is 709 g/mol. The molecule has 13 heteroatoms. The fourth-order valence-electron chi connectivity index (χ4n) is 5.20. The second-order valence-corrected chi connectivity index (χ2v) is 26.1. The van der Waals surface area contributed by atoms with Crippen LogP contribution in [0, 0.1) is 12.7 Å². The molecule has 0 unspecified atom stereocenters. The van der Waals surface area contributed by atoms with Crippen LogP contribution in [0.5, 0.6) is 0 Å². The van der Waals surface area contributed by atoms with Crippen LogP contribution in [-0.2, 0) is 25.0 Å². The van der Waals surface area contributed by atoms with E-state index in [0.717, 1.165) is 17.0 Å². The zero-order valence-corrected chi connectivity index (χ0v) is 32.9. The van der Waals surface area contributed by atoms with Gasteiger partial charge in [0, 0.05) is 18.2 Å². The van der Waals surface area contributed by atoms with Gasteiger partial charge in [0.15, 0.2) is 22.2 Å². The topological polar surface area (TPSA) is 100 Å². The van der Waals surface area contributed by atoms with E-state index in [2.05, 4.69) is 83.2 Å². The molecule has 5 rings (SSSR count). The van der Waals surface area contributed by atoms with E-state index in [1.54, 1.807) is 23.0 Å². The first-order valence-corrected chi connectivity index (χ1v) is 22.8. The molecule has 0 bridgehead atoms. The number of halogens is 1. The Morgan fingerprint density at radius 3 is 2.06 bits per heavy atom. The van der Waals surface area contributed by atoms with Crippen LogP contribution in [-0.4, -0.2) is 74.9 Å². The summed E-state index contributed by atoms with van der Waals surface area (Å²) in [5.74, 6) is -0.431. The fraction of sp³-hybridized carbons (Fsp3) is 0.556. The zero-order valence-electron chi connectivity index (χ0n) is 30.9. The molecule has 0 aliphatic carbocycles. The van der Waals surface area contributed by atoms with Gasteiger partial charge in [0.05, 0.1) is 43.4 Å². The van der Waals surface area contributed by atoms with Gasteiger partial charge in [0.25, 0.3) is 0 Å². The Morgan fingerprint density at radius 1 is 0.939 bits per heavy atom. The maximum atomic E-state index is 15.5. The van der Waals surface area contributed by atoms with Crippen LogP contribution in [0.15, 0.2) is 53.8 Å². The molecule has 3 aromatic rings. The van der Waals surface area contributed by atoms with Gasteiger partial charge in [-0.05, 0) is 72.5 Å². The SMILES string of the molecule is Cc1cn(C[C@H]2CN(c3ccc(-c4ccc(C5=NOC(CO[Si](C)(C)C(C)(C)C)(CO[Si](C)(C)C(C)(C)C)C5)cc4)c(F)c3)C(=O)O2)nn1. The lowest BCUT2D eigenvalue weighted by molar-refractivity contribution is -0.0813. The highest BCUT2D eigenvalue weighted by Gasteiger charge is 2.47. The van der Waals surface area contributed by atoms with Crippen molar-refractivity contribution in [3.05, 3.63) is 65.7 Å². The van der Waals surface area contributed by atoms with Gasteiger partial charge in [0.1, 0.15) is 11.9 Å². The number of hydrogen-bond acceptors (Lipinski definition) is 8. The molecule has 2 aliphatic rings. The number of carbonyl (C=O) groups is 1. The van der Waals surface area contributed by atoms with Gasteiger partial charge in [-0.15, -0.1) is 5.10 Å². The number of hydrogen-bond donors (Lipinski definition) is 0. The first-order valence-electron chi connectivity index (χ1n) is 17.0. The Labute approximate surface area is 292 Å². The Hall–Kier alpha value is -3.40. The highest BCUT2D eigenvalue weighted by Crippen LogP contribution is 2.41. The van der Waals surface area contributed by atoms with E-state index >= 15 is 4.39 Å². The summed E-state index contributed by atoms with van der Waals surface area (Å²) in [7, 11) is -4.13. The summed E-state index contributed by atoms with van der Waals surface area (Å²) in [6.07, 6.45) is 1.40. The minimum absolute atomic E-state index is 0.0537. The molecule has 3 heterocycles. The van der Waals surface area contributed by atoms with Crippen LogP contribution in [0.3, 0.4) is 0 Å².